The van der Waals surface area contributed by atoms with Gasteiger partial charge in [0, 0.05) is 0 Å². The summed E-state index contributed by atoms with van der Waals surface area (Å²) in [5.74, 6) is 0. The summed E-state index contributed by atoms with van der Waals surface area (Å²) in [6.45, 7) is 0. The zero-order chi connectivity index (χ0) is 17.3. The number of hydrogen-bond acceptors (Lipinski definition) is 2. The number of hydrogen-bond donors (Lipinski definition) is 0. The molecule has 0 atom stereocenters. The fourth-order valence-electron chi connectivity index (χ4n) is 3.06. The number of rotatable bonds is 2. The van der Waals surface area contributed by atoms with E-state index >= 15 is 0 Å². The Kier molecular flexibility index (Phi) is 4.30. The fraction of sp³-hybridized carbons (Fsp3) is 0.300. The molecule has 2 aromatic carbocycles. The van der Waals surface area contributed by atoms with E-state index in [9.17, 15) is 0 Å². The van der Waals surface area contributed by atoms with E-state index in [0.717, 1.165) is 0 Å². The molecule has 24 heavy (non-hydrogen) atoms. The van der Waals surface area contributed by atoms with E-state index in [1.807, 2.05) is 22.7 Å². The number of thiophene rings is 2. The molecule has 0 nitrogen and oxygen atoms in total. The first-order valence-corrected chi connectivity index (χ1v) is 30.1. The van der Waals surface area contributed by atoms with Gasteiger partial charge in [0.15, 0.2) is 0 Å². The molecule has 0 aliphatic heterocycles. The van der Waals surface area contributed by atoms with E-state index in [1.165, 1.54) is 30.9 Å². The third-order valence-electron chi connectivity index (χ3n) is 4.59. The molecule has 4 heteroatoms. The van der Waals surface area contributed by atoms with Gasteiger partial charge < -0.3 is 0 Å². The molecule has 0 bridgehead atoms. The van der Waals surface area contributed by atoms with Gasteiger partial charge in [-0.15, -0.1) is 0 Å². The van der Waals surface area contributed by atoms with E-state index in [-0.39, 0.29) is 0 Å². The zero-order valence-corrected chi connectivity index (χ0v) is 22.6. The number of benzene rings is 2. The van der Waals surface area contributed by atoms with Crippen molar-refractivity contribution in [2.75, 3.05) is 0 Å². The second kappa shape index (κ2) is 5.86. The third-order valence-corrected chi connectivity index (χ3v) is 25.6. The van der Waals surface area contributed by atoms with Crippen LogP contribution in [0.2, 0.25) is 29.6 Å². The van der Waals surface area contributed by atoms with Crippen molar-refractivity contribution in [1.82, 2.24) is 0 Å². The normalized spacial score (nSPS) is 13.4. The van der Waals surface area contributed by atoms with Crippen molar-refractivity contribution >= 4 is 96.2 Å². The molecule has 0 amide bonds. The van der Waals surface area contributed by atoms with E-state index in [0.29, 0.717) is 0 Å². The SMILES string of the molecule is [CH3][Sn]([CH3])([CH3])[c]1cc2cc3cc4c[c]([Sn]([CH3])([CH3])[CH3])sc4cc3cc2s1. The Morgan fingerprint density at radius 2 is 0.875 bits per heavy atom. The molecule has 0 unspecified atom stereocenters. The maximum atomic E-state index is 2.51. The summed E-state index contributed by atoms with van der Waals surface area (Å²) in [4.78, 5) is 15.1. The van der Waals surface area contributed by atoms with Crippen LogP contribution in [0.5, 0.6) is 0 Å². The van der Waals surface area contributed by atoms with Gasteiger partial charge in [0.25, 0.3) is 0 Å². The first-order valence-electron chi connectivity index (χ1n) is 8.53. The minimum absolute atomic E-state index is 1.40. The Bertz CT molecular complexity index is 919. The van der Waals surface area contributed by atoms with Crippen molar-refractivity contribution in [3.05, 3.63) is 36.4 Å². The number of fused-ring (bicyclic) bond motifs is 3. The first-order chi connectivity index (χ1) is 11.1. The predicted octanol–water partition coefficient (Wildman–Crippen LogP) is 6.36. The molecule has 124 valence electrons. The molecule has 4 rings (SSSR count). The molecule has 0 saturated heterocycles. The van der Waals surface area contributed by atoms with Gasteiger partial charge in [-0.05, 0) is 0 Å². The molecule has 0 N–H and O–H groups in total. The Morgan fingerprint density at radius 1 is 0.500 bits per heavy atom. The fourth-order valence-corrected chi connectivity index (χ4v) is 15.8. The second-order valence-electron chi connectivity index (χ2n) is 8.85. The van der Waals surface area contributed by atoms with E-state index in [4.69, 9.17) is 0 Å². The summed E-state index contributed by atoms with van der Waals surface area (Å²) in [6, 6.07) is 14.6. The zero-order valence-electron chi connectivity index (χ0n) is 15.3. The summed E-state index contributed by atoms with van der Waals surface area (Å²) in [5, 5.41) is 5.69. The Hall–Kier alpha value is 0.217. The Balaban J connectivity index is 1.95. The van der Waals surface area contributed by atoms with Gasteiger partial charge in [-0.3, -0.25) is 0 Å². The van der Waals surface area contributed by atoms with Gasteiger partial charge in [-0.25, -0.2) is 0 Å². The average Bonchev–Trinajstić information content (AvgIpc) is 3.03. The van der Waals surface area contributed by atoms with Crippen LogP contribution >= 0.6 is 22.7 Å². The van der Waals surface area contributed by atoms with Gasteiger partial charge in [0.2, 0.25) is 0 Å². The molecular weight excluding hydrogens is 542 g/mol. The van der Waals surface area contributed by atoms with Crippen molar-refractivity contribution in [1.29, 1.82) is 0 Å². The van der Waals surface area contributed by atoms with Crippen LogP contribution in [0.4, 0.5) is 0 Å². The third kappa shape index (κ3) is 3.16. The van der Waals surface area contributed by atoms with Gasteiger partial charge in [-0.2, -0.15) is 0 Å². The molecule has 2 aromatic heterocycles. The van der Waals surface area contributed by atoms with Crippen LogP contribution in [0.1, 0.15) is 0 Å². The summed E-state index contributed by atoms with van der Waals surface area (Å²) in [7, 11) is 0. The molecule has 0 aliphatic rings. The van der Waals surface area contributed by atoms with Crippen molar-refractivity contribution < 1.29 is 0 Å². The summed E-state index contributed by atoms with van der Waals surface area (Å²) in [5.41, 5.74) is 0. The van der Waals surface area contributed by atoms with Crippen LogP contribution in [-0.4, -0.2) is 36.8 Å². The van der Waals surface area contributed by atoms with Gasteiger partial charge >= 0.3 is 162 Å². The first kappa shape index (κ1) is 17.6. The Labute approximate surface area is 160 Å². The van der Waals surface area contributed by atoms with E-state index in [2.05, 4.69) is 66.0 Å². The van der Waals surface area contributed by atoms with Crippen molar-refractivity contribution in [3.63, 3.8) is 0 Å². The van der Waals surface area contributed by atoms with Crippen LogP contribution in [0, 0.1) is 0 Å². The summed E-state index contributed by atoms with van der Waals surface area (Å²) >= 11 is 0.137. The molecule has 2 heterocycles. The van der Waals surface area contributed by atoms with Crippen LogP contribution < -0.4 is 5.79 Å². The van der Waals surface area contributed by atoms with E-state index in [1.54, 1.807) is 5.79 Å². The molecule has 0 fully saturated rings. The standard InChI is InChI=1S/C14H6S2.6CH3.2Sn/c1-3-15-13-7-12-8-14-10(2-4-16-14)6-11(12)5-9(1)13;;;;;;;;/h1-2,5-8H;6*1H3;;. The van der Waals surface area contributed by atoms with Crippen LogP contribution in [0.25, 0.3) is 30.9 Å². The predicted molar refractivity (Wildman–Crippen MR) is 121 cm³/mol. The monoisotopic (exact) mass is 568 g/mol. The average molecular weight is 566 g/mol. The summed E-state index contributed by atoms with van der Waals surface area (Å²) < 4.78 is 6.30. The molecular formula is C20H24S2Sn2. The minimum atomic E-state index is -1.97. The molecule has 0 spiro atoms. The second-order valence-corrected chi connectivity index (χ2v) is 41.8. The van der Waals surface area contributed by atoms with Crippen LogP contribution in [0.3, 0.4) is 0 Å². The van der Waals surface area contributed by atoms with Gasteiger partial charge in [0.1, 0.15) is 0 Å². The van der Waals surface area contributed by atoms with E-state index < -0.39 is 36.8 Å². The van der Waals surface area contributed by atoms with Crippen molar-refractivity contribution in [2.24, 2.45) is 0 Å². The Morgan fingerprint density at radius 3 is 1.25 bits per heavy atom. The van der Waals surface area contributed by atoms with Crippen LogP contribution in [0.15, 0.2) is 36.4 Å². The molecule has 0 aliphatic carbocycles. The molecule has 4 aromatic rings. The summed E-state index contributed by atoms with van der Waals surface area (Å²) in [6.07, 6.45) is 0. The molecule has 0 saturated carbocycles. The van der Waals surface area contributed by atoms with Crippen molar-refractivity contribution in [2.45, 2.75) is 29.6 Å². The van der Waals surface area contributed by atoms with Crippen molar-refractivity contribution in [3.8, 4) is 0 Å². The molecule has 0 radical (unpaired) electrons. The quantitative estimate of drug-likeness (QED) is 0.248. The van der Waals surface area contributed by atoms with Gasteiger partial charge in [0.05, 0.1) is 0 Å². The maximum absolute atomic E-state index is 2.51. The van der Waals surface area contributed by atoms with Gasteiger partial charge in [-0.1, -0.05) is 0 Å². The topological polar surface area (TPSA) is 0 Å². The van der Waals surface area contributed by atoms with Crippen LogP contribution in [-0.2, 0) is 0 Å².